The van der Waals surface area contributed by atoms with Gasteiger partial charge >= 0.3 is 5.97 Å². The molecule has 0 aromatic carbocycles. The molecule has 0 N–H and O–H groups in total. The minimum atomic E-state index is -0.377. The van der Waals surface area contributed by atoms with Crippen molar-refractivity contribution in [1.82, 2.24) is 9.97 Å². The van der Waals surface area contributed by atoms with Crippen molar-refractivity contribution in [3.8, 4) is 0 Å². The van der Waals surface area contributed by atoms with E-state index in [0.29, 0.717) is 12.3 Å². The lowest BCUT2D eigenvalue weighted by molar-refractivity contribution is 0.0520. The van der Waals surface area contributed by atoms with Gasteiger partial charge in [0.1, 0.15) is 5.69 Å². The maximum Gasteiger partial charge on any atom is 0.356 e. The number of pyridine rings is 2. The van der Waals surface area contributed by atoms with Crippen molar-refractivity contribution in [1.29, 1.82) is 0 Å². The first-order valence-corrected chi connectivity index (χ1v) is 6.90. The molecule has 0 amide bonds. The molecule has 102 valence electrons. The number of nitrogens with zero attached hydrogens (tertiary/aromatic N) is 2. The molecular formula is C16H16N2O2. The average molecular weight is 268 g/mol. The number of hydrogen-bond acceptors (Lipinski definition) is 4. The van der Waals surface area contributed by atoms with Crippen LogP contribution in [0, 0.1) is 0 Å². The zero-order valence-electron chi connectivity index (χ0n) is 11.4. The van der Waals surface area contributed by atoms with E-state index in [0.717, 1.165) is 29.2 Å². The Morgan fingerprint density at radius 3 is 3.00 bits per heavy atom. The Labute approximate surface area is 117 Å². The highest BCUT2D eigenvalue weighted by molar-refractivity contribution is 5.97. The predicted octanol–water partition coefficient (Wildman–Crippen LogP) is 3.37. The van der Waals surface area contributed by atoms with Gasteiger partial charge in [-0.1, -0.05) is 6.08 Å². The van der Waals surface area contributed by atoms with Crippen LogP contribution in [0.1, 0.15) is 42.2 Å². The maximum atomic E-state index is 11.8. The molecule has 0 aliphatic heterocycles. The molecule has 0 spiro atoms. The van der Waals surface area contributed by atoms with Crippen LogP contribution in [0.25, 0.3) is 16.3 Å². The molecule has 0 unspecified atom stereocenters. The van der Waals surface area contributed by atoms with Gasteiger partial charge in [-0.25, -0.2) is 9.78 Å². The van der Waals surface area contributed by atoms with Gasteiger partial charge in [0.15, 0.2) is 0 Å². The topological polar surface area (TPSA) is 52.1 Å². The first-order valence-electron chi connectivity index (χ1n) is 6.90. The Bertz CT molecular complexity index is 692. The molecule has 0 saturated carbocycles. The number of fused-ring (bicyclic) bond motifs is 1. The van der Waals surface area contributed by atoms with E-state index in [-0.39, 0.29) is 5.97 Å². The average Bonchev–Trinajstić information content (AvgIpc) is 3.00. The summed E-state index contributed by atoms with van der Waals surface area (Å²) in [5.41, 5.74) is 2.77. The summed E-state index contributed by atoms with van der Waals surface area (Å²) in [5, 5.41) is 1.97. The fraction of sp³-hybridized carbons (Fsp3) is 0.312. The highest BCUT2D eigenvalue weighted by atomic mass is 16.5. The summed E-state index contributed by atoms with van der Waals surface area (Å²) >= 11 is 0. The van der Waals surface area contributed by atoms with E-state index in [1.54, 1.807) is 19.3 Å². The van der Waals surface area contributed by atoms with Gasteiger partial charge in [0.2, 0.25) is 0 Å². The highest BCUT2D eigenvalue weighted by Gasteiger charge is 2.14. The Morgan fingerprint density at radius 1 is 1.35 bits per heavy atom. The van der Waals surface area contributed by atoms with Gasteiger partial charge in [0.05, 0.1) is 6.61 Å². The normalized spacial score (nSPS) is 14.3. The van der Waals surface area contributed by atoms with E-state index in [1.165, 1.54) is 12.0 Å². The number of carbonyl (C=O) groups excluding carboxylic acids is 1. The summed E-state index contributed by atoms with van der Waals surface area (Å²) in [7, 11) is 0. The van der Waals surface area contributed by atoms with E-state index in [4.69, 9.17) is 4.74 Å². The lowest BCUT2D eigenvalue weighted by Gasteiger charge is -2.08. The first-order chi connectivity index (χ1) is 9.79. The largest absolute Gasteiger partial charge is 0.461 e. The number of aromatic nitrogens is 2. The molecular weight excluding hydrogens is 252 g/mol. The molecule has 0 bridgehead atoms. The van der Waals surface area contributed by atoms with Gasteiger partial charge in [0, 0.05) is 29.5 Å². The van der Waals surface area contributed by atoms with Gasteiger partial charge in [-0.15, -0.1) is 0 Å². The highest BCUT2D eigenvalue weighted by Crippen LogP contribution is 2.32. The number of hydrogen-bond donors (Lipinski definition) is 0. The van der Waals surface area contributed by atoms with Crippen molar-refractivity contribution >= 4 is 22.3 Å². The van der Waals surface area contributed by atoms with Gasteiger partial charge in [0.25, 0.3) is 0 Å². The molecule has 0 fully saturated rings. The van der Waals surface area contributed by atoms with Gasteiger partial charge in [-0.05, 0) is 43.2 Å². The number of rotatable bonds is 3. The summed E-state index contributed by atoms with van der Waals surface area (Å²) in [6.07, 6.45) is 10.9. The van der Waals surface area contributed by atoms with E-state index < -0.39 is 0 Å². The van der Waals surface area contributed by atoms with Crippen molar-refractivity contribution in [2.75, 3.05) is 6.61 Å². The van der Waals surface area contributed by atoms with Crippen LogP contribution in [-0.2, 0) is 4.74 Å². The van der Waals surface area contributed by atoms with E-state index >= 15 is 0 Å². The Morgan fingerprint density at radius 2 is 2.25 bits per heavy atom. The molecule has 1 aliphatic carbocycles. The Kier molecular flexibility index (Phi) is 3.46. The molecule has 4 heteroatoms. The third-order valence-electron chi connectivity index (χ3n) is 3.51. The smallest absolute Gasteiger partial charge is 0.356 e. The number of carbonyl (C=O) groups is 1. The summed E-state index contributed by atoms with van der Waals surface area (Å²) in [5.74, 6) is -0.377. The Balaban J connectivity index is 2.11. The minimum absolute atomic E-state index is 0.352. The van der Waals surface area contributed by atoms with E-state index in [9.17, 15) is 4.79 Å². The third-order valence-corrected chi connectivity index (χ3v) is 3.51. The van der Waals surface area contributed by atoms with Gasteiger partial charge < -0.3 is 4.74 Å². The van der Waals surface area contributed by atoms with Crippen LogP contribution in [-0.4, -0.2) is 22.5 Å². The number of esters is 1. The van der Waals surface area contributed by atoms with Crippen LogP contribution < -0.4 is 0 Å². The third kappa shape index (κ3) is 2.29. The van der Waals surface area contributed by atoms with Crippen molar-refractivity contribution in [3.63, 3.8) is 0 Å². The maximum absolute atomic E-state index is 11.8. The SMILES string of the molecule is CCOC(=O)c1cc2c(C3=CCCC3)cncc2cn1. The lowest BCUT2D eigenvalue weighted by atomic mass is 10.0. The standard InChI is InChI=1S/C16H16N2O2/c1-2-20-16(19)15-7-13-12(9-18-15)8-17-10-14(13)11-5-3-4-6-11/h5,7-10H,2-4,6H2,1H3. The predicted molar refractivity (Wildman–Crippen MR) is 77.3 cm³/mol. The van der Waals surface area contributed by atoms with Gasteiger partial charge in [-0.2, -0.15) is 0 Å². The van der Waals surface area contributed by atoms with Crippen molar-refractivity contribution < 1.29 is 9.53 Å². The monoisotopic (exact) mass is 268 g/mol. The van der Waals surface area contributed by atoms with Crippen LogP contribution >= 0.6 is 0 Å². The molecule has 2 heterocycles. The van der Waals surface area contributed by atoms with Crippen LogP contribution in [0.15, 0.2) is 30.7 Å². The molecule has 3 rings (SSSR count). The quantitative estimate of drug-likeness (QED) is 0.801. The van der Waals surface area contributed by atoms with Crippen LogP contribution in [0.3, 0.4) is 0 Å². The van der Waals surface area contributed by atoms with Gasteiger partial charge in [-0.3, -0.25) is 4.98 Å². The minimum Gasteiger partial charge on any atom is -0.461 e. The summed E-state index contributed by atoms with van der Waals surface area (Å²) in [6, 6.07) is 1.81. The molecule has 4 nitrogen and oxygen atoms in total. The Hall–Kier alpha value is -2.23. The summed E-state index contributed by atoms with van der Waals surface area (Å²) in [4.78, 5) is 20.2. The van der Waals surface area contributed by atoms with Crippen molar-refractivity contribution in [3.05, 3.63) is 42.0 Å². The van der Waals surface area contributed by atoms with E-state index in [1.807, 2.05) is 12.3 Å². The zero-order chi connectivity index (χ0) is 13.9. The zero-order valence-corrected chi connectivity index (χ0v) is 11.4. The summed E-state index contributed by atoms with van der Waals surface area (Å²) in [6.45, 7) is 2.14. The second-order valence-electron chi connectivity index (χ2n) is 4.82. The second kappa shape index (κ2) is 5.41. The molecule has 1 aliphatic rings. The lowest BCUT2D eigenvalue weighted by Crippen LogP contribution is -2.07. The fourth-order valence-electron chi connectivity index (χ4n) is 2.55. The summed E-state index contributed by atoms with van der Waals surface area (Å²) < 4.78 is 5.01. The number of ether oxygens (including phenoxy) is 1. The molecule has 0 saturated heterocycles. The number of allylic oxidation sites excluding steroid dienone is 2. The molecule has 0 atom stereocenters. The molecule has 20 heavy (non-hydrogen) atoms. The molecule has 0 radical (unpaired) electrons. The van der Waals surface area contributed by atoms with Crippen LogP contribution in [0.4, 0.5) is 0 Å². The van der Waals surface area contributed by atoms with Crippen LogP contribution in [0.5, 0.6) is 0 Å². The first kappa shape index (κ1) is 12.8. The second-order valence-corrected chi connectivity index (χ2v) is 4.82. The fourth-order valence-corrected chi connectivity index (χ4v) is 2.55. The van der Waals surface area contributed by atoms with Crippen molar-refractivity contribution in [2.45, 2.75) is 26.2 Å². The van der Waals surface area contributed by atoms with Crippen LogP contribution in [0.2, 0.25) is 0 Å². The molecule has 2 aromatic rings. The molecule has 2 aromatic heterocycles. The van der Waals surface area contributed by atoms with E-state index in [2.05, 4.69) is 16.0 Å². The van der Waals surface area contributed by atoms with Crippen molar-refractivity contribution in [2.24, 2.45) is 0 Å².